The van der Waals surface area contributed by atoms with E-state index < -0.39 is 12.1 Å². The standard InChI is InChI=1S/C24H22N4O3/c29-22(28-23-25-19-13-7-8-14-20(19)26-23)21(15-17-9-3-1-4-10-17)27-24(30)31-16-18-11-5-2-6-12-18/h1-14,21H,15-16H2,(H,27,30)(H2,25,26,28,29)/t21-/m1/s1. The van der Waals surface area contributed by atoms with E-state index in [0.29, 0.717) is 12.4 Å². The number of imidazole rings is 1. The van der Waals surface area contributed by atoms with E-state index in [0.717, 1.165) is 22.2 Å². The van der Waals surface area contributed by atoms with Crippen LogP contribution in [0.1, 0.15) is 11.1 Å². The molecular formula is C24H22N4O3. The van der Waals surface area contributed by atoms with Crippen LogP contribution in [0.25, 0.3) is 11.0 Å². The molecule has 7 nitrogen and oxygen atoms in total. The predicted molar refractivity (Wildman–Crippen MR) is 118 cm³/mol. The van der Waals surface area contributed by atoms with E-state index in [1.54, 1.807) is 0 Å². The molecule has 4 aromatic rings. The third kappa shape index (κ3) is 5.48. The van der Waals surface area contributed by atoms with Crippen molar-refractivity contribution in [3.8, 4) is 0 Å². The molecule has 0 unspecified atom stereocenters. The van der Waals surface area contributed by atoms with Gasteiger partial charge in [0.2, 0.25) is 11.9 Å². The number of para-hydroxylation sites is 2. The summed E-state index contributed by atoms with van der Waals surface area (Å²) in [5.41, 5.74) is 3.33. The van der Waals surface area contributed by atoms with Crippen molar-refractivity contribution in [3.63, 3.8) is 0 Å². The average molecular weight is 414 g/mol. The van der Waals surface area contributed by atoms with Crippen LogP contribution in [0.4, 0.5) is 10.7 Å². The van der Waals surface area contributed by atoms with Crippen LogP contribution in [0.2, 0.25) is 0 Å². The lowest BCUT2D eigenvalue weighted by atomic mass is 10.1. The van der Waals surface area contributed by atoms with Crippen LogP contribution in [0, 0.1) is 0 Å². The maximum absolute atomic E-state index is 13.0. The summed E-state index contributed by atoms with van der Waals surface area (Å²) in [6.45, 7) is 0.121. The van der Waals surface area contributed by atoms with Gasteiger partial charge in [0.15, 0.2) is 0 Å². The monoisotopic (exact) mass is 414 g/mol. The molecule has 0 aliphatic rings. The van der Waals surface area contributed by atoms with Crippen LogP contribution in [0.15, 0.2) is 84.9 Å². The Morgan fingerprint density at radius 3 is 2.23 bits per heavy atom. The van der Waals surface area contributed by atoms with Gasteiger partial charge in [-0.15, -0.1) is 0 Å². The minimum atomic E-state index is -0.834. The highest BCUT2D eigenvalue weighted by Crippen LogP contribution is 2.14. The van der Waals surface area contributed by atoms with Gasteiger partial charge in [-0.05, 0) is 23.3 Å². The lowest BCUT2D eigenvalue weighted by Gasteiger charge is -2.18. The Balaban J connectivity index is 1.44. The van der Waals surface area contributed by atoms with Crippen LogP contribution in [-0.2, 0) is 22.6 Å². The van der Waals surface area contributed by atoms with E-state index in [1.165, 1.54) is 0 Å². The van der Waals surface area contributed by atoms with Crippen LogP contribution < -0.4 is 10.6 Å². The van der Waals surface area contributed by atoms with Gasteiger partial charge >= 0.3 is 6.09 Å². The van der Waals surface area contributed by atoms with Gasteiger partial charge in [0.25, 0.3) is 0 Å². The van der Waals surface area contributed by atoms with Gasteiger partial charge in [-0.2, -0.15) is 0 Å². The van der Waals surface area contributed by atoms with Crippen molar-refractivity contribution in [2.24, 2.45) is 0 Å². The van der Waals surface area contributed by atoms with Crippen molar-refractivity contribution in [2.45, 2.75) is 19.1 Å². The molecule has 4 rings (SSSR count). The van der Waals surface area contributed by atoms with Crippen molar-refractivity contribution in [3.05, 3.63) is 96.1 Å². The first kappa shape index (κ1) is 20.2. The summed E-state index contributed by atoms with van der Waals surface area (Å²) in [4.78, 5) is 32.8. The van der Waals surface area contributed by atoms with Crippen LogP contribution in [0.5, 0.6) is 0 Å². The fourth-order valence-electron chi connectivity index (χ4n) is 3.18. The summed E-state index contributed by atoms with van der Waals surface area (Å²) in [6, 6.07) is 25.5. The molecule has 0 saturated heterocycles. The molecule has 0 aliphatic carbocycles. The number of rotatable bonds is 7. The van der Waals surface area contributed by atoms with Crippen molar-refractivity contribution >= 4 is 29.0 Å². The normalized spacial score (nSPS) is 11.6. The van der Waals surface area contributed by atoms with Gasteiger partial charge in [-0.1, -0.05) is 72.8 Å². The maximum Gasteiger partial charge on any atom is 0.408 e. The lowest BCUT2D eigenvalue weighted by molar-refractivity contribution is -0.118. The highest BCUT2D eigenvalue weighted by molar-refractivity contribution is 5.96. The molecule has 1 aromatic heterocycles. The molecule has 7 heteroatoms. The van der Waals surface area contributed by atoms with Crippen molar-refractivity contribution in [1.29, 1.82) is 0 Å². The molecule has 156 valence electrons. The molecule has 0 aliphatic heterocycles. The third-order valence-electron chi connectivity index (χ3n) is 4.73. The number of carbonyl (C=O) groups is 2. The number of H-pyrrole nitrogens is 1. The fourth-order valence-corrected chi connectivity index (χ4v) is 3.18. The molecule has 3 N–H and O–H groups in total. The zero-order valence-corrected chi connectivity index (χ0v) is 16.7. The average Bonchev–Trinajstić information content (AvgIpc) is 3.21. The summed E-state index contributed by atoms with van der Waals surface area (Å²) in [5.74, 6) is -0.0664. The topological polar surface area (TPSA) is 96.1 Å². The Hall–Kier alpha value is -4.13. The van der Waals surface area contributed by atoms with Gasteiger partial charge < -0.3 is 15.0 Å². The number of aromatic nitrogens is 2. The second-order valence-electron chi connectivity index (χ2n) is 7.04. The number of fused-ring (bicyclic) bond motifs is 1. The first-order chi connectivity index (χ1) is 15.2. The largest absolute Gasteiger partial charge is 0.445 e. The third-order valence-corrected chi connectivity index (χ3v) is 4.73. The highest BCUT2D eigenvalue weighted by Gasteiger charge is 2.23. The zero-order valence-electron chi connectivity index (χ0n) is 16.7. The van der Waals surface area contributed by atoms with Gasteiger partial charge in [-0.3, -0.25) is 10.1 Å². The fraction of sp³-hybridized carbons (Fsp3) is 0.125. The van der Waals surface area contributed by atoms with Crippen molar-refractivity contribution < 1.29 is 14.3 Å². The van der Waals surface area contributed by atoms with Crippen LogP contribution >= 0.6 is 0 Å². The van der Waals surface area contributed by atoms with E-state index in [-0.39, 0.29) is 12.5 Å². The number of nitrogens with one attached hydrogen (secondary N) is 3. The number of ether oxygens (including phenoxy) is 1. The van der Waals surface area contributed by atoms with Gasteiger partial charge in [0.1, 0.15) is 12.6 Å². The number of benzene rings is 3. The van der Waals surface area contributed by atoms with Crippen molar-refractivity contribution in [2.75, 3.05) is 5.32 Å². The number of hydrogen-bond acceptors (Lipinski definition) is 4. The molecule has 1 heterocycles. The molecule has 0 bridgehead atoms. The second kappa shape index (κ2) is 9.58. The summed E-state index contributed by atoms with van der Waals surface area (Å²) in [5, 5.41) is 5.43. The molecular weight excluding hydrogens is 392 g/mol. The van der Waals surface area contributed by atoms with Crippen LogP contribution in [0.3, 0.4) is 0 Å². The molecule has 31 heavy (non-hydrogen) atoms. The molecule has 3 aromatic carbocycles. The number of anilines is 1. The number of hydrogen-bond donors (Lipinski definition) is 3. The second-order valence-corrected chi connectivity index (χ2v) is 7.04. The number of nitrogens with zero attached hydrogens (tertiary/aromatic N) is 1. The summed E-state index contributed by atoms with van der Waals surface area (Å²) in [7, 11) is 0. The Kier molecular flexibility index (Phi) is 6.23. The predicted octanol–water partition coefficient (Wildman–Crippen LogP) is 4.04. The van der Waals surface area contributed by atoms with Gasteiger partial charge in [0, 0.05) is 6.42 Å². The summed E-state index contributed by atoms with van der Waals surface area (Å²) < 4.78 is 5.29. The molecule has 0 fully saturated rings. The van der Waals surface area contributed by atoms with E-state index in [1.807, 2.05) is 84.9 Å². The Morgan fingerprint density at radius 1 is 0.871 bits per heavy atom. The van der Waals surface area contributed by atoms with Crippen molar-refractivity contribution in [1.82, 2.24) is 15.3 Å². The summed E-state index contributed by atoms with van der Waals surface area (Å²) >= 11 is 0. The molecule has 0 saturated carbocycles. The smallest absolute Gasteiger partial charge is 0.408 e. The number of carbonyl (C=O) groups excluding carboxylic acids is 2. The van der Waals surface area contributed by atoms with E-state index in [4.69, 9.17) is 4.74 Å². The molecule has 0 radical (unpaired) electrons. The van der Waals surface area contributed by atoms with Gasteiger partial charge in [-0.25, -0.2) is 9.78 Å². The Morgan fingerprint density at radius 2 is 1.52 bits per heavy atom. The highest BCUT2D eigenvalue weighted by atomic mass is 16.5. The molecule has 1 atom stereocenters. The quantitative estimate of drug-likeness (QED) is 0.425. The Labute approximate surface area is 179 Å². The zero-order chi connectivity index (χ0) is 21.5. The first-order valence-electron chi connectivity index (χ1n) is 9.94. The van der Waals surface area contributed by atoms with E-state index in [9.17, 15) is 9.59 Å². The number of alkyl carbamates (subject to hydrolysis) is 1. The minimum absolute atomic E-state index is 0.121. The van der Waals surface area contributed by atoms with Crippen LogP contribution in [-0.4, -0.2) is 28.0 Å². The number of amides is 2. The lowest BCUT2D eigenvalue weighted by Crippen LogP contribution is -2.45. The SMILES string of the molecule is O=C(N[C@H](Cc1ccccc1)C(=O)Nc1nc2ccccc2[nH]1)OCc1ccccc1. The van der Waals surface area contributed by atoms with Gasteiger partial charge in [0.05, 0.1) is 11.0 Å². The maximum atomic E-state index is 13.0. The minimum Gasteiger partial charge on any atom is -0.445 e. The first-order valence-corrected chi connectivity index (χ1v) is 9.94. The molecule has 0 spiro atoms. The number of aromatic amines is 1. The molecule has 2 amide bonds. The summed E-state index contributed by atoms with van der Waals surface area (Å²) in [6.07, 6.45) is -0.350. The van der Waals surface area contributed by atoms with E-state index >= 15 is 0 Å². The van der Waals surface area contributed by atoms with E-state index in [2.05, 4.69) is 20.6 Å². The Bertz CT molecular complexity index is 1130.